The van der Waals surface area contributed by atoms with E-state index in [0.29, 0.717) is 11.1 Å². The van der Waals surface area contributed by atoms with Gasteiger partial charge in [0.25, 0.3) is 0 Å². The molecule has 0 amide bonds. The molecule has 0 aliphatic rings. The standard InChI is InChI=1S/C25H29NO10.ClH/c1-3-32-23(30)35-19-12-11-17(15-20(19)36-24(31)33-4-2)16-25(26,22(28)29)13-8-14-34-21(27)18-9-6-5-7-10-18;/h5-7,9-12,15H,3-4,8,13-14,16,26H2,1-2H3,(H,28,29);1H/t25-;/m0./s1. The average molecular weight is 540 g/mol. The molecule has 2 rings (SSSR count). The van der Waals surface area contributed by atoms with Crippen molar-refractivity contribution in [2.75, 3.05) is 19.8 Å². The Morgan fingerprint density at radius 1 is 0.865 bits per heavy atom. The minimum atomic E-state index is -1.72. The summed E-state index contributed by atoms with van der Waals surface area (Å²) in [4.78, 5) is 47.6. The van der Waals surface area contributed by atoms with Gasteiger partial charge in [0.2, 0.25) is 0 Å². The number of carboxylic acids is 1. The molecule has 0 saturated heterocycles. The van der Waals surface area contributed by atoms with Crippen molar-refractivity contribution in [3.63, 3.8) is 0 Å². The third-order valence-electron chi connectivity index (χ3n) is 4.87. The molecule has 37 heavy (non-hydrogen) atoms. The summed E-state index contributed by atoms with van der Waals surface area (Å²) >= 11 is 0. The first-order valence-corrected chi connectivity index (χ1v) is 11.2. The Morgan fingerprint density at radius 2 is 1.46 bits per heavy atom. The van der Waals surface area contributed by atoms with Crippen LogP contribution in [0.2, 0.25) is 0 Å². The Bertz CT molecular complexity index is 1060. The third-order valence-corrected chi connectivity index (χ3v) is 4.87. The van der Waals surface area contributed by atoms with Gasteiger partial charge in [-0.25, -0.2) is 14.4 Å². The summed E-state index contributed by atoms with van der Waals surface area (Å²) in [6, 6.07) is 12.5. The van der Waals surface area contributed by atoms with Crippen LogP contribution in [0.5, 0.6) is 11.5 Å². The highest BCUT2D eigenvalue weighted by Gasteiger charge is 2.34. The van der Waals surface area contributed by atoms with Crippen molar-refractivity contribution in [3.8, 4) is 11.5 Å². The number of esters is 1. The van der Waals surface area contributed by atoms with Crippen molar-refractivity contribution in [1.82, 2.24) is 0 Å². The van der Waals surface area contributed by atoms with E-state index in [2.05, 4.69) is 0 Å². The van der Waals surface area contributed by atoms with E-state index in [1.54, 1.807) is 44.2 Å². The molecule has 0 bridgehead atoms. The first-order valence-electron chi connectivity index (χ1n) is 11.2. The Morgan fingerprint density at radius 3 is 2.03 bits per heavy atom. The second-order valence-corrected chi connectivity index (χ2v) is 7.59. The predicted molar refractivity (Wildman–Crippen MR) is 133 cm³/mol. The zero-order valence-corrected chi connectivity index (χ0v) is 21.3. The summed E-state index contributed by atoms with van der Waals surface area (Å²) in [6.07, 6.45) is -2.03. The quantitative estimate of drug-likeness (QED) is 0.172. The van der Waals surface area contributed by atoms with Gasteiger partial charge < -0.3 is 34.5 Å². The third kappa shape index (κ3) is 9.98. The van der Waals surface area contributed by atoms with E-state index in [1.165, 1.54) is 18.2 Å². The van der Waals surface area contributed by atoms with Gasteiger partial charge in [0.1, 0.15) is 5.54 Å². The fourth-order valence-corrected chi connectivity index (χ4v) is 3.15. The Labute approximate surface area is 220 Å². The molecule has 0 fully saturated rings. The highest BCUT2D eigenvalue weighted by molar-refractivity contribution is 5.89. The van der Waals surface area contributed by atoms with E-state index in [4.69, 9.17) is 29.4 Å². The summed E-state index contributed by atoms with van der Waals surface area (Å²) in [7, 11) is 0. The van der Waals surface area contributed by atoms with Gasteiger partial charge in [0.15, 0.2) is 11.5 Å². The molecular formula is C25H30ClNO10. The average Bonchev–Trinajstić information content (AvgIpc) is 2.84. The van der Waals surface area contributed by atoms with Crippen molar-refractivity contribution in [3.05, 3.63) is 59.7 Å². The molecule has 0 radical (unpaired) electrons. The monoisotopic (exact) mass is 539 g/mol. The van der Waals surface area contributed by atoms with Crippen LogP contribution in [0.1, 0.15) is 42.6 Å². The number of nitrogens with two attached hydrogens (primary N) is 1. The molecule has 0 aliphatic heterocycles. The van der Waals surface area contributed by atoms with Crippen molar-refractivity contribution in [2.24, 2.45) is 5.73 Å². The second kappa shape index (κ2) is 15.3. The molecule has 1 atom stereocenters. The van der Waals surface area contributed by atoms with E-state index in [1.807, 2.05) is 0 Å². The number of ether oxygens (including phenoxy) is 5. The van der Waals surface area contributed by atoms with Gasteiger partial charge in [0, 0.05) is 6.42 Å². The molecule has 2 aromatic carbocycles. The molecular weight excluding hydrogens is 510 g/mol. The van der Waals surface area contributed by atoms with Crippen LogP contribution in [0.3, 0.4) is 0 Å². The molecule has 2 aromatic rings. The number of hydrogen-bond acceptors (Lipinski definition) is 10. The molecule has 11 nitrogen and oxygen atoms in total. The number of aliphatic carboxylic acids is 1. The second-order valence-electron chi connectivity index (χ2n) is 7.59. The van der Waals surface area contributed by atoms with Crippen molar-refractivity contribution in [2.45, 2.75) is 38.6 Å². The molecule has 0 aromatic heterocycles. The topological polar surface area (TPSA) is 161 Å². The number of carbonyl (C=O) groups is 4. The number of carboxylic acid groups (broad SMARTS) is 1. The molecule has 0 unspecified atom stereocenters. The maximum absolute atomic E-state index is 12.0. The van der Waals surface area contributed by atoms with E-state index in [0.717, 1.165) is 0 Å². The largest absolute Gasteiger partial charge is 0.513 e. The summed E-state index contributed by atoms with van der Waals surface area (Å²) in [6.45, 7) is 3.27. The number of hydrogen-bond donors (Lipinski definition) is 2. The van der Waals surface area contributed by atoms with Crippen molar-refractivity contribution < 1.29 is 48.0 Å². The fraction of sp³-hybridized carbons (Fsp3) is 0.360. The number of carbonyl (C=O) groups excluding carboxylic acids is 3. The van der Waals surface area contributed by atoms with Gasteiger partial charge in [-0.1, -0.05) is 24.3 Å². The van der Waals surface area contributed by atoms with Gasteiger partial charge in [-0.2, -0.15) is 0 Å². The van der Waals surface area contributed by atoms with Gasteiger partial charge in [-0.05, 0) is 56.5 Å². The van der Waals surface area contributed by atoms with Crippen LogP contribution >= 0.6 is 12.4 Å². The Kier molecular flexibility index (Phi) is 12.9. The Hall–Kier alpha value is -3.83. The van der Waals surface area contributed by atoms with Crippen LogP contribution in [0.15, 0.2) is 48.5 Å². The minimum Gasteiger partial charge on any atom is -0.480 e. The highest BCUT2D eigenvalue weighted by Crippen LogP contribution is 2.31. The van der Waals surface area contributed by atoms with Gasteiger partial charge in [0.05, 0.1) is 25.4 Å². The fourth-order valence-electron chi connectivity index (χ4n) is 3.15. The summed E-state index contributed by atoms with van der Waals surface area (Å²) < 4.78 is 24.8. The van der Waals surface area contributed by atoms with Crippen LogP contribution in [0.25, 0.3) is 0 Å². The molecule has 0 aliphatic carbocycles. The van der Waals surface area contributed by atoms with Crippen LogP contribution in [-0.2, 0) is 25.4 Å². The first-order chi connectivity index (χ1) is 17.2. The lowest BCUT2D eigenvalue weighted by Crippen LogP contribution is -2.50. The van der Waals surface area contributed by atoms with Crippen molar-refractivity contribution >= 4 is 36.7 Å². The molecule has 3 N–H and O–H groups in total. The van der Waals surface area contributed by atoms with E-state index < -0.39 is 29.8 Å². The van der Waals surface area contributed by atoms with E-state index in [-0.39, 0.29) is 63.0 Å². The van der Waals surface area contributed by atoms with Crippen LogP contribution < -0.4 is 15.2 Å². The minimum absolute atomic E-state index is 0. The lowest BCUT2D eigenvalue weighted by Gasteiger charge is -2.25. The van der Waals surface area contributed by atoms with Crippen LogP contribution in [0, 0.1) is 0 Å². The number of halogens is 1. The predicted octanol–water partition coefficient (Wildman–Crippen LogP) is 4.14. The molecule has 12 heteroatoms. The van der Waals surface area contributed by atoms with Gasteiger partial charge in [-0.15, -0.1) is 12.4 Å². The summed E-state index contributed by atoms with van der Waals surface area (Å²) in [5.41, 5.74) is 5.23. The maximum atomic E-state index is 12.0. The number of rotatable bonds is 12. The molecule has 0 saturated carbocycles. The van der Waals surface area contributed by atoms with E-state index in [9.17, 15) is 24.3 Å². The SMILES string of the molecule is CCOC(=O)Oc1ccc(C[C@@](N)(CCCOC(=O)c2ccccc2)C(=O)O)cc1OC(=O)OCC.Cl. The Balaban J connectivity index is 0.00000684. The summed E-state index contributed by atoms with van der Waals surface area (Å²) in [5.74, 6) is -2.09. The first kappa shape index (κ1) is 31.2. The lowest BCUT2D eigenvalue weighted by atomic mass is 9.87. The summed E-state index contributed by atoms with van der Waals surface area (Å²) in [5, 5.41) is 9.77. The van der Waals surface area contributed by atoms with Crippen LogP contribution in [0.4, 0.5) is 9.59 Å². The molecule has 202 valence electrons. The highest BCUT2D eigenvalue weighted by atomic mass is 35.5. The maximum Gasteiger partial charge on any atom is 0.513 e. The smallest absolute Gasteiger partial charge is 0.480 e. The zero-order chi connectivity index (χ0) is 26.6. The van der Waals surface area contributed by atoms with E-state index >= 15 is 0 Å². The molecule has 0 spiro atoms. The van der Waals surface area contributed by atoms with Crippen molar-refractivity contribution in [1.29, 1.82) is 0 Å². The molecule has 0 heterocycles. The lowest BCUT2D eigenvalue weighted by molar-refractivity contribution is -0.143. The normalized spacial score (nSPS) is 11.8. The van der Waals surface area contributed by atoms with Gasteiger partial charge in [-0.3, -0.25) is 4.79 Å². The number of benzene rings is 2. The van der Waals surface area contributed by atoms with Crippen LogP contribution in [-0.4, -0.2) is 54.7 Å². The zero-order valence-electron chi connectivity index (χ0n) is 20.5. The van der Waals surface area contributed by atoms with Gasteiger partial charge >= 0.3 is 24.2 Å².